The zero-order valence-corrected chi connectivity index (χ0v) is 10.1. The van der Waals surface area contributed by atoms with Crippen molar-refractivity contribution >= 4 is 5.97 Å². The van der Waals surface area contributed by atoms with Gasteiger partial charge in [0.1, 0.15) is 0 Å². The van der Waals surface area contributed by atoms with Crippen molar-refractivity contribution < 1.29 is 19.4 Å². The standard InChI is InChI=1S/C13H16FNO3/c1-8-10(13(17)18)4-5-15(8)7-9-2-3-12(16)11(14)6-9/h2-3,6,8,10,16H,4-5,7H2,1H3,(H,17,18). The second-order valence-electron chi connectivity index (χ2n) is 4.73. The minimum Gasteiger partial charge on any atom is -0.505 e. The number of halogens is 1. The molecule has 0 bridgehead atoms. The number of phenolic OH excluding ortho intramolecular Hbond substituents is 1. The number of carbonyl (C=O) groups is 1. The van der Waals surface area contributed by atoms with E-state index in [1.54, 1.807) is 6.07 Å². The van der Waals surface area contributed by atoms with E-state index in [9.17, 15) is 9.18 Å². The molecule has 0 spiro atoms. The predicted molar refractivity (Wildman–Crippen MR) is 63.7 cm³/mol. The molecule has 1 aliphatic rings. The van der Waals surface area contributed by atoms with Crippen LogP contribution < -0.4 is 0 Å². The number of benzene rings is 1. The second-order valence-corrected chi connectivity index (χ2v) is 4.73. The summed E-state index contributed by atoms with van der Waals surface area (Å²) in [7, 11) is 0. The van der Waals surface area contributed by atoms with Crippen molar-refractivity contribution in [3.63, 3.8) is 0 Å². The maximum atomic E-state index is 13.2. The largest absolute Gasteiger partial charge is 0.505 e. The molecule has 1 fully saturated rings. The Morgan fingerprint density at radius 2 is 2.28 bits per heavy atom. The van der Waals surface area contributed by atoms with E-state index in [0.717, 1.165) is 5.56 Å². The van der Waals surface area contributed by atoms with Gasteiger partial charge in [0.2, 0.25) is 0 Å². The molecule has 1 heterocycles. The summed E-state index contributed by atoms with van der Waals surface area (Å²) >= 11 is 0. The number of hydrogen-bond donors (Lipinski definition) is 2. The maximum absolute atomic E-state index is 13.2. The van der Waals surface area contributed by atoms with Crippen LogP contribution in [0, 0.1) is 11.7 Å². The van der Waals surface area contributed by atoms with Gasteiger partial charge in [0.15, 0.2) is 11.6 Å². The first kappa shape index (κ1) is 12.8. The van der Waals surface area contributed by atoms with E-state index in [4.69, 9.17) is 10.2 Å². The normalized spacial score (nSPS) is 24.3. The van der Waals surface area contributed by atoms with Crippen molar-refractivity contribution in [2.75, 3.05) is 6.54 Å². The Kier molecular flexibility index (Phi) is 3.52. The highest BCUT2D eigenvalue weighted by Crippen LogP contribution is 2.26. The van der Waals surface area contributed by atoms with Crippen LogP contribution in [0.25, 0.3) is 0 Å². The van der Waals surface area contributed by atoms with E-state index in [1.807, 2.05) is 11.8 Å². The molecule has 0 saturated carbocycles. The lowest BCUT2D eigenvalue weighted by Gasteiger charge is -2.23. The quantitative estimate of drug-likeness (QED) is 0.862. The number of likely N-dealkylation sites (tertiary alicyclic amines) is 1. The highest BCUT2D eigenvalue weighted by Gasteiger charge is 2.35. The molecule has 1 aromatic carbocycles. The maximum Gasteiger partial charge on any atom is 0.308 e. The van der Waals surface area contributed by atoms with Crippen LogP contribution in [-0.4, -0.2) is 33.7 Å². The monoisotopic (exact) mass is 253 g/mol. The molecule has 0 amide bonds. The minimum atomic E-state index is -0.776. The fraction of sp³-hybridized carbons (Fsp3) is 0.462. The third-order valence-electron chi connectivity index (χ3n) is 3.60. The lowest BCUT2D eigenvalue weighted by molar-refractivity contribution is -0.142. The van der Waals surface area contributed by atoms with Crippen molar-refractivity contribution in [3.8, 4) is 5.75 Å². The average Bonchev–Trinajstić information content (AvgIpc) is 2.66. The lowest BCUT2D eigenvalue weighted by atomic mass is 10.0. The average molecular weight is 253 g/mol. The van der Waals surface area contributed by atoms with Gasteiger partial charge in [-0.1, -0.05) is 6.07 Å². The van der Waals surface area contributed by atoms with E-state index in [0.29, 0.717) is 19.5 Å². The smallest absolute Gasteiger partial charge is 0.308 e. The molecule has 2 rings (SSSR count). The Balaban J connectivity index is 2.06. The van der Waals surface area contributed by atoms with E-state index < -0.39 is 11.8 Å². The summed E-state index contributed by atoms with van der Waals surface area (Å²) in [5.41, 5.74) is 0.739. The van der Waals surface area contributed by atoms with Crippen molar-refractivity contribution in [1.29, 1.82) is 0 Å². The minimum absolute atomic E-state index is 0.0561. The fourth-order valence-electron chi connectivity index (χ4n) is 2.44. The van der Waals surface area contributed by atoms with Gasteiger partial charge in [0.25, 0.3) is 0 Å². The lowest BCUT2D eigenvalue weighted by Crippen LogP contribution is -2.32. The van der Waals surface area contributed by atoms with Crippen molar-refractivity contribution in [1.82, 2.24) is 4.90 Å². The number of phenols is 1. The van der Waals surface area contributed by atoms with Gasteiger partial charge in [-0.3, -0.25) is 9.69 Å². The van der Waals surface area contributed by atoms with Crippen LogP contribution in [0.2, 0.25) is 0 Å². The molecule has 1 saturated heterocycles. The van der Waals surface area contributed by atoms with E-state index in [1.165, 1.54) is 12.1 Å². The third kappa shape index (κ3) is 2.46. The number of aromatic hydroxyl groups is 1. The van der Waals surface area contributed by atoms with Gasteiger partial charge in [-0.2, -0.15) is 0 Å². The molecular weight excluding hydrogens is 237 g/mol. The Labute approximate surface area is 105 Å². The summed E-state index contributed by atoms with van der Waals surface area (Å²) in [6, 6.07) is 4.20. The van der Waals surface area contributed by atoms with E-state index >= 15 is 0 Å². The molecule has 4 nitrogen and oxygen atoms in total. The Morgan fingerprint density at radius 3 is 2.83 bits per heavy atom. The molecule has 2 unspecified atom stereocenters. The van der Waals surface area contributed by atoms with Gasteiger partial charge >= 0.3 is 5.97 Å². The van der Waals surface area contributed by atoms with Crippen LogP contribution in [-0.2, 0) is 11.3 Å². The fourth-order valence-corrected chi connectivity index (χ4v) is 2.44. The zero-order valence-electron chi connectivity index (χ0n) is 10.1. The Bertz CT molecular complexity index is 464. The number of carboxylic acid groups (broad SMARTS) is 1. The Morgan fingerprint density at radius 1 is 1.56 bits per heavy atom. The van der Waals surface area contributed by atoms with Crippen LogP contribution in [0.15, 0.2) is 18.2 Å². The highest BCUT2D eigenvalue weighted by atomic mass is 19.1. The SMILES string of the molecule is CC1C(C(=O)O)CCN1Cc1ccc(O)c(F)c1. The summed E-state index contributed by atoms with van der Waals surface area (Å²) < 4.78 is 13.2. The molecule has 0 aliphatic carbocycles. The molecule has 0 aromatic heterocycles. The summed E-state index contributed by atoms with van der Waals surface area (Å²) in [5, 5.41) is 18.1. The first-order chi connectivity index (χ1) is 8.49. The van der Waals surface area contributed by atoms with Crippen molar-refractivity contribution in [2.24, 2.45) is 5.92 Å². The first-order valence-corrected chi connectivity index (χ1v) is 5.93. The summed E-state index contributed by atoms with van der Waals surface area (Å²) in [6.45, 7) is 3.07. The van der Waals surface area contributed by atoms with Gasteiger partial charge in [0.05, 0.1) is 5.92 Å². The predicted octanol–water partition coefficient (Wildman–Crippen LogP) is 1.83. The topological polar surface area (TPSA) is 60.8 Å². The highest BCUT2D eigenvalue weighted by molar-refractivity contribution is 5.71. The van der Waals surface area contributed by atoms with Gasteiger partial charge in [-0.15, -0.1) is 0 Å². The number of nitrogens with zero attached hydrogens (tertiary/aromatic N) is 1. The second kappa shape index (κ2) is 4.94. The van der Waals surface area contributed by atoms with Gasteiger partial charge in [-0.25, -0.2) is 4.39 Å². The van der Waals surface area contributed by atoms with E-state index in [2.05, 4.69) is 0 Å². The molecule has 2 N–H and O–H groups in total. The Hall–Kier alpha value is -1.62. The van der Waals surface area contributed by atoms with Crippen LogP contribution in [0.5, 0.6) is 5.75 Å². The van der Waals surface area contributed by atoms with Crippen molar-refractivity contribution in [3.05, 3.63) is 29.6 Å². The van der Waals surface area contributed by atoms with Crippen LogP contribution >= 0.6 is 0 Å². The summed E-state index contributed by atoms with van der Waals surface area (Å²) in [4.78, 5) is 13.0. The van der Waals surface area contributed by atoms with Gasteiger partial charge < -0.3 is 10.2 Å². The molecule has 0 radical (unpaired) electrons. The number of aliphatic carboxylic acids is 1. The molecule has 18 heavy (non-hydrogen) atoms. The van der Waals surface area contributed by atoms with Crippen LogP contribution in [0.3, 0.4) is 0 Å². The number of rotatable bonds is 3. The van der Waals surface area contributed by atoms with Crippen LogP contribution in [0.1, 0.15) is 18.9 Å². The zero-order chi connectivity index (χ0) is 13.3. The third-order valence-corrected chi connectivity index (χ3v) is 3.60. The van der Waals surface area contributed by atoms with Crippen molar-refractivity contribution in [2.45, 2.75) is 25.9 Å². The molecular formula is C13H16FNO3. The van der Waals surface area contributed by atoms with Gasteiger partial charge in [0, 0.05) is 12.6 Å². The molecule has 5 heteroatoms. The number of hydrogen-bond acceptors (Lipinski definition) is 3. The first-order valence-electron chi connectivity index (χ1n) is 5.93. The summed E-state index contributed by atoms with van der Waals surface area (Å²) in [6.07, 6.45) is 0.622. The molecule has 1 aliphatic heterocycles. The van der Waals surface area contributed by atoms with E-state index in [-0.39, 0.29) is 17.7 Å². The molecule has 98 valence electrons. The van der Waals surface area contributed by atoms with Crippen LogP contribution in [0.4, 0.5) is 4.39 Å². The molecule has 1 aromatic rings. The summed E-state index contributed by atoms with van der Waals surface area (Å²) in [5.74, 6) is -2.14. The number of carboxylic acids is 1. The molecule has 2 atom stereocenters. The van der Waals surface area contributed by atoms with Gasteiger partial charge in [-0.05, 0) is 37.6 Å².